The van der Waals surface area contributed by atoms with Gasteiger partial charge in [0.25, 0.3) is 0 Å². The van der Waals surface area contributed by atoms with Crippen LogP contribution in [-0.4, -0.2) is 43.8 Å². The summed E-state index contributed by atoms with van der Waals surface area (Å²) in [4.78, 5) is 40.5. The van der Waals surface area contributed by atoms with Crippen molar-refractivity contribution in [3.05, 3.63) is 71.3 Å². The Morgan fingerprint density at radius 1 is 1.09 bits per heavy atom. The maximum absolute atomic E-state index is 13.9. The summed E-state index contributed by atoms with van der Waals surface area (Å²) in [5.74, 6) is 0.223. The minimum Gasteiger partial charge on any atom is -0.496 e. The molecule has 1 aliphatic heterocycles. The third-order valence-corrected chi connectivity index (χ3v) is 6.74. The highest BCUT2D eigenvalue weighted by atomic mass is 16.5. The lowest BCUT2D eigenvalue weighted by Crippen LogP contribution is -2.52. The molecule has 2 N–H and O–H groups in total. The van der Waals surface area contributed by atoms with Crippen molar-refractivity contribution >= 4 is 34.1 Å². The van der Waals surface area contributed by atoms with Gasteiger partial charge in [0.1, 0.15) is 11.8 Å². The number of likely N-dealkylation sites (N-methyl/N-ethyl adjacent to an activating group) is 1. The number of hydrogen-bond acceptors (Lipinski definition) is 5. The molecule has 2 atom stereocenters. The second-order valence-corrected chi connectivity index (χ2v) is 8.87. The zero-order valence-electron chi connectivity index (χ0n) is 20.6. The minimum absolute atomic E-state index is 0.0238. The van der Waals surface area contributed by atoms with Crippen LogP contribution in [0, 0.1) is 0 Å². The molecule has 0 aliphatic carbocycles. The number of methoxy groups -OCH3 is 1. The Bertz CT molecular complexity index is 1290. The molecule has 0 unspecified atom stereocenters. The van der Waals surface area contributed by atoms with E-state index in [1.165, 1.54) is 0 Å². The summed E-state index contributed by atoms with van der Waals surface area (Å²) in [6.45, 7) is 3.55. The number of nitrogens with one attached hydrogen (secondary N) is 2. The van der Waals surface area contributed by atoms with Crippen molar-refractivity contribution in [2.75, 3.05) is 19.1 Å². The van der Waals surface area contributed by atoms with Crippen molar-refractivity contribution in [2.45, 2.75) is 45.3 Å². The number of benzene rings is 3. The van der Waals surface area contributed by atoms with E-state index in [2.05, 4.69) is 10.6 Å². The van der Waals surface area contributed by atoms with E-state index in [-0.39, 0.29) is 24.1 Å². The number of fused-ring (bicyclic) bond motifs is 2. The first kappa shape index (κ1) is 24.4. The number of hydrogen-bond donors (Lipinski definition) is 2. The van der Waals surface area contributed by atoms with Gasteiger partial charge in [-0.2, -0.15) is 0 Å². The SMILES string of the molecule is CN[C@@H](C)C(=O)N[C@H]1CCc2ccccc2N(Cc2c(OC)ccc3c(C(C)=O)cccc23)C1=O. The molecule has 1 heterocycles. The fraction of sp³-hybridized carbons (Fsp3) is 0.321. The van der Waals surface area contributed by atoms with Gasteiger partial charge in [-0.05, 0) is 68.3 Å². The molecule has 182 valence electrons. The summed E-state index contributed by atoms with van der Waals surface area (Å²) < 4.78 is 5.69. The smallest absolute Gasteiger partial charge is 0.249 e. The molecule has 0 radical (unpaired) electrons. The molecule has 0 spiro atoms. The molecule has 0 saturated carbocycles. The molecule has 2 amide bonds. The lowest BCUT2D eigenvalue weighted by molar-refractivity contribution is -0.128. The molecule has 3 aromatic rings. The third-order valence-electron chi connectivity index (χ3n) is 6.74. The Hall–Kier alpha value is -3.71. The van der Waals surface area contributed by atoms with Gasteiger partial charge in [-0.25, -0.2) is 0 Å². The van der Waals surface area contributed by atoms with Gasteiger partial charge in [0.05, 0.1) is 19.7 Å². The molecule has 0 bridgehead atoms. The number of rotatable bonds is 7. The highest BCUT2D eigenvalue weighted by Crippen LogP contribution is 2.35. The summed E-state index contributed by atoms with van der Waals surface area (Å²) in [5, 5.41) is 7.53. The van der Waals surface area contributed by atoms with Gasteiger partial charge in [0, 0.05) is 16.8 Å². The first-order chi connectivity index (χ1) is 16.8. The Labute approximate surface area is 205 Å². The molecule has 7 nitrogen and oxygen atoms in total. The molecule has 3 aromatic carbocycles. The number of nitrogens with zero attached hydrogens (tertiary/aromatic N) is 1. The zero-order chi connectivity index (χ0) is 25.1. The fourth-order valence-corrected chi connectivity index (χ4v) is 4.66. The number of anilines is 1. The lowest BCUT2D eigenvalue weighted by atomic mass is 9.97. The van der Waals surface area contributed by atoms with Crippen LogP contribution in [0.4, 0.5) is 5.69 Å². The van der Waals surface area contributed by atoms with Gasteiger partial charge in [-0.3, -0.25) is 14.4 Å². The zero-order valence-corrected chi connectivity index (χ0v) is 20.6. The predicted octanol–water partition coefficient (Wildman–Crippen LogP) is 3.62. The molecule has 35 heavy (non-hydrogen) atoms. The summed E-state index contributed by atoms with van der Waals surface area (Å²) >= 11 is 0. The Kier molecular flexibility index (Phi) is 7.17. The molecule has 0 aromatic heterocycles. The van der Waals surface area contributed by atoms with Crippen molar-refractivity contribution in [2.24, 2.45) is 0 Å². The number of carbonyl (C=O) groups is 3. The maximum Gasteiger partial charge on any atom is 0.249 e. The number of aryl methyl sites for hydroxylation is 1. The van der Waals surface area contributed by atoms with Crippen LogP contribution in [0.3, 0.4) is 0 Å². The largest absolute Gasteiger partial charge is 0.496 e. The molecular formula is C28H31N3O4. The summed E-state index contributed by atoms with van der Waals surface area (Å²) in [6.07, 6.45) is 1.17. The van der Waals surface area contributed by atoms with Crippen LogP contribution in [0.15, 0.2) is 54.6 Å². The van der Waals surface area contributed by atoms with E-state index in [9.17, 15) is 14.4 Å². The van der Waals surface area contributed by atoms with Gasteiger partial charge < -0.3 is 20.3 Å². The maximum atomic E-state index is 13.9. The molecule has 4 rings (SSSR count). The van der Waals surface area contributed by atoms with Gasteiger partial charge in [0.15, 0.2) is 5.78 Å². The van der Waals surface area contributed by atoms with Crippen molar-refractivity contribution < 1.29 is 19.1 Å². The summed E-state index contributed by atoms with van der Waals surface area (Å²) in [6, 6.07) is 16.1. The van der Waals surface area contributed by atoms with E-state index in [0.717, 1.165) is 27.6 Å². The van der Waals surface area contributed by atoms with Crippen LogP contribution >= 0.6 is 0 Å². The van der Waals surface area contributed by atoms with Crippen LogP contribution in [0.2, 0.25) is 0 Å². The predicted molar refractivity (Wildman–Crippen MR) is 137 cm³/mol. The molecule has 0 fully saturated rings. The number of carbonyl (C=O) groups excluding carboxylic acids is 3. The lowest BCUT2D eigenvalue weighted by Gasteiger charge is -2.28. The Morgan fingerprint density at radius 3 is 2.57 bits per heavy atom. The van der Waals surface area contributed by atoms with Gasteiger partial charge >= 0.3 is 0 Å². The van der Waals surface area contributed by atoms with E-state index >= 15 is 0 Å². The number of ether oxygens (including phenoxy) is 1. The molecular weight excluding hydrogens is 442 g/mol. The number of Topliss-reactive ketones (excluding diaryl/α,β-unsaturated/α-hetero) is 1. The van der Waals surface area contributed by atoms with Crippen LogP contribution in [0.1, 0.15) is 41.8 Å². The highest BCUT2D eigenvalue weighted by molar-refractivity contribution is 6.08. The average molecular weight is 474 g/mol. The van der Waals surface area contributed by atoms with Crippen LogP contribution in [-0.2, 0) is 22.6 Å². The first-order valence-corrected chi connectivity index (χ1v) is 11.8. The van der Waals surface area contributed by atoms with Gasteiger partial charge in [0.2, 0.25) is 11.8 Å². The summed E-state index contributed by atoms with van der Waals surface area (Å²) in [7, 11) is 3.31. The number of ketones is 1. The molecule has 0 saturated heterocycles. The molecule has 1 aliphatic rings. The highest BCUT2D eigenvalue weighted by Gasteiger charge is 2.33. The van der Waals surface area contributed by atoms with Gasteiger partial charge in [-0.1, -0.05) is 36.4 Å². The van der Waals surface area contributed by atoms with E-state index < -0.39 is 12.1 Å². The normalized spacial score (nSPS) is 16.4. The van der Waals surface area contributed by atoms with Crippen molar-refractivity contribution in [1.82, 2.24) is 10.6 Å². The fourth-order valence-electron chi connectivity index (χ4n) is 4.66. The van der Waals surface area contributed by atoms with E-state index in [0.29, 0.717) is 24.2 Å². The second-order valence-electron chi connectivity index (χ2n) is 8.87. The second kappa shape index (κ2) is 10.3. The van der Waals surface area contributed by atoms with Crippen LogP contribution in [0.5, 0.6) is 5.75 Å². The van der Waals surface area contributed by atoms with E-state index in [4.69, 9.17) is 4.74 Å². The van der Waals surface area contributed by atoms with E-state index in [1.807, 2.05) is 54.6 Å². The topological polar surface area (TPSA) is 87.7 Å². The number of para-hydroxylation sites is 1. The Balaban J connectivity index is 1.81. The molecule has 7 heteroatoms. The first-order valence-electron chi connectivity index (χ1n) is 11.8. The Morgan fingerprint density at radius 2 is 1.86 bits per heavy atom. The van der Waals surface area contributed by atoms with Crippen molar-refractivity contribution in [1.29, 1.82) is 0 Å². The van der Waals surface area contributed by atoms with Crippen molar-refractivity contribution in [3.63, 3.8) is 0 Å². The van der Waals surface area contributed by atoms with Gasteiger partial charge in [-0.15, -0.1) is 0 Å². The van der Waals surface area contributed by atoms with Crippen LogP contribution in [0.25, 0.3) is 10.8 Å². The van der Waals surface area contributed by atoms with Crippen molar-refractivity contribution in [3.8, 4) is 5.75 Å². The monoisotopic (exact) mass is 473 g/mol. The standard InChI is InChI=1S/C28H31N3O4/c1-17(29-3)27(33)30-24-14-12-19-8-5-6-11-25(19)31(28(24)34)16-23-21-10-7-9-20(18(2)32)22(21)13-15-26(23)35-4/h5-11,13,15,17,24,29H,12,14,16H2,1-4H3,(H,30,33)/t17-,24-/m0/s1. The van der Waals surface area contributed by atoms with Crippen LogP contribution < -0.4 is 20.3 Å². The van der Waals surface area contributed by atoms with E-state index in [1.54, 1.807) is 32.9 Å². The summed E-state index contributed by atoms with van der Waals surface area (Å²) in [5.41, 5.74) is 3.30. The average Bonchev–Trinajstić information content (AvgIpc) is 3.00. The quantitative estimate of drug-likeness (QED) is 0.512. The third kappa shape index (κ3) is 4.77. The minimum atomic E-state index is -0.653. The number of amides is 2.